The third-order valence-electron chi connectivity index (χ3n) is 3.87. The van der Waals surface area contributed by atoms with E-state index in [9.17, 15) is 9.18 Å². The van der Waals surface area contributed by atoms with E-state index in [1.54, 1.807) is 12.1 Å². The number of carbonyl (C=O) groups is 1. The molecule has 21 heavy (non-hydrogen) atoms. The number of benzene rings is 1. The molecule has 1 saturated carbocycles. The van der Waals surface area contributed by atoms with Gasteiger partial charge in [-0.05, 0) is 42.7 Å². The molecule has 0 atom stereocenters. The number of halogens is 1. The zero-order valence-corrected chi connectivity index (χ0v) is 13.0. The Labute approximate surface area is 125 Å². The van der Waals surface area contributed by atoms with Crippen molar-refractivity contribution in [2.24, 2.45) is 11.3 Å². The van der Waals surface area contributed by atoms with Crippen LogP contribution in [-0.4, -0.2) is 12.5 Å². The molecule has 0 aliphatic heterocycles. The van der Waals surface area contributed by atoms with Gasteiger partial charge in [-0.25, -0.2) is 4.39 Å². The summed E-state index contributed by atoms with van der Waals surface area (Å²) in [6.07, 6.45) is 3.54. The van der Waals surface area contributed by atoms with E-state index in [2.05, 4.69) is 26.1 Å². The normalized spacial score (nSPS) is 15.9. The van der Waals surface area contributed by atoms with Crippen molar-refractivity contribution in [3.05, 3.63) is 24.0 Å². The van der Waals surface area contributed by atoms with Gasteiger partial charge in [0, 0.05) is 12.5 Å². The molecule has 1 aromatic carbocycles. The molecule has 0 spiro atoms. The molecule has 4 heteroatoms. The topological polar surface area (TPSA) is 38.3 Å². The molecule has 1 aliphatic rings. The fraction of sp³-hybridized carbons (Fsp3) is 0.588. The van der Waals surface area contributed by atoms with Crippen molar-refractivity contribution in [1.82, 2.24) is 0 Å². The number of nitrogens with one attached hydrogen (secondary N) is 1. The van der Waals surface area contributed by atoms with Crippen molar-refractivity contribution in [2.75, 3.05) is 11.9 Å². The molecule has 1 amide bonds. The summed E-state index contributed by atoms with van der Waals surface area (Å²) >= 11 is 0. The number of amides is 1. The van der Waals surface area contributed by atoms with E-state index < -0.39 is 5.82 Å². The van der Waals surface area contributed by atoms with E-state index in [1.807, 2.05) is 0 Å². The molecule has 0 unspecified atom stereocenters. The van der Waals surface area contributed by atoms with Crippen LogP contribution in [-0.2, 0) is 4.79 Å². The minimum Gasteiger partial charge on any atom is -0.493 e. The van der Waals surface area contributed by atoms with Gasteiger partial charge in [0.25, 0.3) is 0 Å². The molecule has 0 bridgehead atoms. The molecule has 0 heterocycles. The minimum atomic E-state index is -0.452. The lowest BCUT2D eigenvalue weighted by Crippen LogP contribution is -2.16. The van der Waals surface area contributed by atoms with Crippen LogP contribution in [0.1, 0.15) is 46.5 Å². The predicted octanol–water partition coefficient (Wildman–Crippen LogP) is 4.38. The monoisotopic (exact) mass is 293 g/mol. The minimum absolute atomic E-state index is 0.123. The SMILES string of the molecule is CC(C)CCOc1ccc(NC(=O)CC2(C)CC2)c(F)c1. The highest BCUT2D eigenvalue weighted by Crippen LogP contribution is 2.48. The summed E-state index contributed by atoms with van der Waals surface area (Å²) in [7, 11) is 0. The average molecular weight is 293 g/mol. The summed E-state index contributed by atoms with van der Waals surface area (Å²) in [6.45, 7) is 6.88. The van der Waals surface area contributed by atoms with Gasteiger partial charge in [0.1, 0.15) is 11.6 Å². The molecule has 0 aromatic heterocycles. The smallest absolute Gasteiger partial charge is 0.224 e. The van der Waals surface area contributed by atoms with Crippen LogP contribution in [0.5, 0.6) is 5.75 Å². The third kappa shape index (κ3) is 5.03. The van der Waals surface area contributed by atoms with Crippen LogP contribution in [0.4, 0.5) is 10.1 Å². The fourth-order valence-electron chi connectivity index (χ4n) is 2.07. The Morgan fingerprint density at radius 1 is 1.43 bits per heavy atom. The first-order valence-corrected chi connectivity index (χ1v) is 7.60. The first kappa shape index (κ1) is 15.8. The van der Waals surface area contributed by atoms with Crippen molar-refractivity contribution in [1.29, 1.82) is 0 Å². The van der Waals surface area contributed by atoms with Crippen molar-refractivity contribution in [3.63, 3.8) is 0 Å². The van der Waals surface area contributed by atoms with E-state index in [1.165, 1.54) is 6.07 Å². The molecule has 116 valence electrons. The van der Waals surface area contributed by atoms with Gasteiger partial charge in [-0.1, -0.05) is 20.8 Å². The number of rotatable bonds is 7. The van der Waals surface area contributed by atoms with E-state index >= 15 is 0 Å². The van der Waals surface area contributed by atoms with Crippen LogP contribution in [0.15, 0.2) is 18.2 Å². The Hall–Kier alpha value is -1.58. The zero-order chi connectivity index (χ0) is 15.5. The van der Waals surface area contributed by atoms with E-state index in [4.69, 9.17) is 4.74 Å². The Bertz CT molecular complexity index is 510. The highest BCUT2D eigenvalue weighted by molar-refractivity contribution is 5.91. The number of carbonyl (C=O) groups excluding carboxylic acids is 1. The molecule has 1 aromatic rings. The van der Waals surface area contributed by atoms with Crippen LogP contribution >= 0.6 is 0 Å². The van der Waals surface area contributed by atoms with Crippen molar-refractivity contribution >= 4 is 11.6 Å². The quantitative estimate of drug-likeness (QED) is 0.810. The Morgan fingerprint density at radius 3 is 2.71 bits per heavy atom. The lowest BCUT2D eigenvalue weighted by molar-refractivity contribution is -0.117. The molecule has 0 radical (unpaired) electrons. The van der Waals surface area contributed by atoms with Gasteiger partial charge in [0.15, 0.2) is 0 Å². The number of hydrogen-bond donors (Lipinski definition) is 1. The van der Waals surface area contributed by atoms with Crippen LogP contribution in [0.2, 0.25) is 0 Å². The van der Waals surface area contributed by atoms with Crippen molar-refractivity contribution in [3.8, 4) is 5.75 Å². The van der Waals surface area contributed by atoms with Gasteiger partial charge in [-0.2, -0.15) is 0 Å². The maximum atomic E-state index is 14.0. The molecule has 1 N–H and O–H groups in total. The molecule has 1 aliphatic carbocycles. The maximum absolute atomic E-state index is 14.0. The summed E-state index contributed by atoms with van der Waals surface area (Å²) < 4.78 is 19.4. The molecular weight excluding hydrogens is 269 g/mol. The number of anilines is 1. The Morgan fingerprint density at radius 2 is 2.14 bits per heavy atom. The lowest BCUT2D eigenvalue weighted by atomic mass is 10.1. The van der Waals surface area contributed by atoms with Crippen molar-refractivity contribution < 1.29 is 13.9 Å². The number of hydrogen-bond acceptors (Lipinski definition) is 2. The molecule has 1 fully saturated rings. The van der Waals surface area contributed by atoms with Gasteiger partial charge in [0.2, 0.25) is 5.91 Å². The standard InChI is InChI=1S/C17H24FNO2/c1-12(2)6-9-21-13-4-5-15(14(18)10-13)19-16(20)11-17(3)7-8-17/h4-5,10,12H,6-9,11H2,1-3H3,(H,19,20). The zero-order valence-electron chi connectivity index (χ0n) is 13.0. The van der Waals surface area contributed by atoms with Crippen LogP contribution in [0.3, 0.4) is 0 Å². The van der Waals surface area contributed by atoms with E-state index in [0.29, 0.717) is 24.7 Å². The van der Waals surface area contributed by atoms with Crippen LogP contribution in [0.25, 0.3) is 0 Å². The maximum Gasteiger partial charge on any atom is 0.224 e. The summed E-state index contributed by atoms with van der Waals surface area (Å²) in [5, 5.41) is 2.64. The second-order valence-corrected chi connectivity index (χ2v) is 6.71. The molecule has 2 rings (SSSR count). The van der Waals surface area contributed by atoms with Gasteiger partial charge < -0.3 is 10.1 Å². The average Bonchev–Trinajstić information content (AvgIpc) is 3.09. The van der Waals surface area contributed by atoms with Gasteiger partial charge >= 0.3 is 0 Å². The molecular formula is C17H24FNO2. The lowest BCUT2D eigenvalue weighted by Gasteiger charge is -2.12. The second-order valence-electron chi connectivity index (χ2n) is 6.71. The van der Waals surface area contributed by atoms with E-state index in [-0.39, 0.29) is 17.0 Å². The number of ether oxygens (including phenoxy) is 1. The van der Waals surface area contributed by atoms with Crippen LogP contribution in [0, 0.1) is 17.2 Å². The third-order valence-corrected chi connectivity index (χ3v) is 3.87. The highest BCUT2D eigenvalue weighted by Gasteiger charge is 2.39. The summed E-state index contributed by atoms with van der Waals surface area (Å²) in [5.41, 5.74) is 0.348. The second kappa shape index (κ2) is 6.46. The predicted molar refractivity (Wildman–Crippen MR) is 81.9 cm³/mol. The summed E-state index contributed by atoms with van der Waals surface area (Å²) in [5.74, 6) is 0.478. The first-order valence-electron chi connectivity index (χ1n) is 7.60. The first-order chi connectivity index (χ1) is 9.88. The molecule has 3 nitrogen and oxygen atoms in total. The van der Waals surface area contributed by atoms with Gasteiger partial charge in [-0.3, -0.25) is 4.79 Å². The molecule has 0 saturated heterocycles. The summed E-state index contributed by atoms with van der Waals surface area (Å²) in [6, 6.07) is 4.58. The van der Waals surface area contributed by atoms with Crippen LogP contribution < -0.4 is 10.1 Å². The largest absolute Gasteiger partial charge is 0.493 e. The van der Waals surface area contributed by atoms with Crippen molar-refractivity contribution in [2.45, 2.75) is 46.5 Å². The summed E-state index contributed by atoms with van der Waals surface area (Å²) in [4.78, 5) is 11.8. The van der Waals surface area contributed by atoms with Gasteiger partial charge in [-0.15, -0.1) is 0 Å². The highest BCUT2D eigenvalue weighted by atomic mass is 19.1. The van der Waals surface area contributed by atoms with Gasteiger partial charge in [0.05, 0.1) is 12.3 Å². The Kier molecular flexibility index (Phi) is 4.86. The Balaban J connectivity index is 1.87. The fourth-order valence-corrected chi connectivity index (χ4v) is 2.07. The van der Waals surface area contributed by atoms with E-state index in [0.717, 1.165) is 19.3 Å².